The van der Waals surface area contributed by atoms with Gasteiger partial charge in [-0.05, 0) is 78.4 Å². The predicted molar refractivity (Wildman–Crippen MR) is 129 cm³/mol. The van der Waals surface area contributed by atoms with E-state index in [0.717, 1.165) is 16.5 Å². The molecule has 0 fully saturated rings. The first-order valence-corrected chi connectivity index (χ1v) is 10.6. The molecular formula is C27H24N2O4. The van der Waals surface area contributed by atoms with Gasteiger partial charge in [0.1, 0.15) is 17.2 Å². The van der Waals surface area contributed by atoms with Crippen LogP contribution in [0.15, 0.2) is 84.9 Å². The van der Waals surface area contributed by atoms with Crippen LogP contribution < -0.4 is 20.1 Å². The highest BCUT2D eigenvalue weighted by molar-refractivity contribution is 6.06. The Labute approximate surface area is 192 Å². The molecule has 0 bridgehead atoms. The molecule has 0 saturated heterocycles. The molecule has 166 valence electrons. The molecule has 0 aliphatic carbocycles. The van der Waals surface area contributed by atoms with Crippen molar-refractivity contribution in [3.05, 3.63) is 96.1 Å². The first-order chi connectivity index (χ1) is 16.1. The highest BCUT2D eigenvalue weighted by atomic mass is 16.5. The molecule has 33 heavy (non-hydrogen) atoms. The zero-order valence-electron chi connectivity index (χ0n) is 18.4. The Bertz CT molecular complexity index is 1300. The number of carbonyl (C=O) groups excluding carboxylic acids is 2. The molecule has 2 N–H and O–H groups in total. The summed E-state index contributed by atoms with van der Waals surface area (Å²) in [4.78, 5) is 24.8. The van der Waals surface area contributed by atoms with Gasteiger partial charge >= 0.3 is 0 Å². The number of carbonyl (C=O) groups is 2. The molecule has 0 unspecified atom stereocenters. The lowest BCUT2D eigenvalue weighted by atomic mass is 10.1. The number of nitrogens with one attached hydrogen (secondary N) is 2. The van der Waals surface area contributed by atoms with Gasteiger partial charge in [0.05, 0.1) is 12.2 Å². The summed E-state index contributed by atoms with van der Waals surface area (Å²) in [6.45, 7) is 2.55. The topological polar surface area (TPSA) is 76.7 Å². The van der Waals surface area contributed by atoms with Crippen LogP contribution in [0, 0.1) is 0 Å². The maximum Gasteiger partial charge on any atom is 0.255 e. The van der Waals surface area contributed by atoms with Gasteiger partial charge in [-0.25, -0.2) is 0 Å². The first-order valence-electron chi connectivity index (χ1n) is 10.6. The lowest BCUT2D eigenvalue weighted by molar-refractivity contribution is 0.0959. The summed E-state index contributed by atoms with van der Waals surface area (Å²) < 4.78 is 11.4. The molecule has 0 spiro atoms. The summed E-state index contributed by atoms with van der Waals surface area (Å²) in [5.41, 5.74) is 1.65. The lowest BCUT2D eigenvalue weighted by Crippen LogP contribution is -2.18. The largest absolute Gasteiger partial charge is 0.494 e. The molecule has 0 aliphatic heterocycles. The van der Waals surface area contributed by atoms with Gasteiger partial charge in [-0.15, -0.1) is 0 Å². The van der Waals surface area contributed by atoms with Gasteiger partial charge in [0.25, 0.3) is 11.8 Å². The number of ether oxygens (including phenoxy) is 2. The fraction of sp³-hybridized carbons (Fsp3) is 0.111. The highest BCUT2D eigenvalue weighted by Gasteiger charge is 2.12. The quantitative estimate of drug-likeness (QED) is 0.390. The molecule has 2 amide bonds. The Morgan fingerprint density at radius 2 is 1.48 bits per heavy atom. The fourth-order valence-electron chi connectivity index (χ4n) is 3.44. The van der Waals surface area contributed by atoms with E-state index in [-0.39, 0.29) is 11.8 Å². The second-order valence-corrected chi connectivity index (χ2v) is 7.31. The van der Waals surface area contributed by atoms with Crippen molar-refractivity contribution in [1.82, 2.24) is 5.32 Å². The van der Waals surface area contributed by atoms with E-state index in [1.165, 1.54) is 0 Å². The molecule has 0 aliphatic rings. The lowest BCUT2D eigenvalue weighted by Gasteiger charge is -2.11. The van der Waals surface area contributed by atoms with Crippen LogP contribution in [0.2, 0.25) is 0 Å². The Balaban J connectivity index is 1.45. The van der Waals surface area contributed by atoms with Gasteiger partial charge in [-0.2, -0.15) is 0 Å². The molecule has 4 aromatic carbocycles. The van der Waals surface area contributed by atoms with E-state index in [4.69, 9.17) is 9.47 Å². The van der Waals surface area contributed by atoms with Crippen LogP contribution >= 0.6 is 0 Å². The minimum Gasteiger partial charge on any atom is -0.494 e. The van der Waals surface area contributed by atoms with Crippen molar-refractivity contribution in [3.8, 4) is 17.2 Å². The smallest absolute Gasteiger partial charge is 0.255 e. The Hall–Kier alpha value is -4.32. The number of hydrogen-bond donors (Lipinski definition) is 2. The Morgan fingerprint density at radius 1 is 0.788 bits per heavy atom. The predicted octanol–water partition coefficient (Wildman–Crippen LogP) is 5.64. The molecule has 0 aromatic heterocycles. The minimum absolute atomic E-state index is 0.204. The number of amides is 2. The zero-order valence-corrected chi connectivity index (χ0v) is 18.4. The Morgan fingerprint density at radius 3 is 2.24 bits per heavy atom. The number of anilines is 1. The second-order valence-electron chi connectivity index (χ2n) is 7.31. The van der Waals surface area contributed by atoms with E-state index in [2.05, 4.69) is 10.6 Å². The van der Waals surface area contributed by atoms with Gasteiger partial charge in [0, 0.05) is 18.3 Å². The summed E-state index contributed by atoms with van der Waals surface area (Å²) >= 11 is 0. The Kier molecular flexibility index (Phi) is 6.55. The van der Waals surface area contributed by atoms with Gasteiger partial charge in [0.2, 0.25) is 0 Å². The third-order valence-electron chi connectivity index (χ3n) is 5.08. The van der Waals surface area contributed by atoms with Crippen molar-refractivity contribution in [2.45, 2.75) is 6.92 Å². The SMILES string of the molecule is CCOc1ccc2cc(C(=O)Nc3ccc(Oc4ccccc4C(=O)NC)cc3)ccc2c1. The minimum atomic E-state index is -0.223. The van der Waals surface area contributed by atoms with E-state index in [1.54, 1.807) is 61.6 Å². The molecule has 4 rings (SSSR count). The van der Waals surface area contributed by atoms with Crippen molar-refractivity contribution in [1.29, 1.82) is 0 Å². The first kappa shape index (κ1) is 21.9. The van der Waals surface area contributed by atoms with Crippen molar-refractivity contribution in [3.63, 3.8) is 0 Å². The number of para-hydroxylation sites is 1. The van der Waals surface area contributed by atoms with Crippen molar-refractivity contribution in [2.24, 2.45) is 0 Å². The summed E-state index contributed by atoms with van der Waals surface area (Å²) in [6.07, 6.45) is 0. The number of rotatable bonds is 7. The molecule has 6 heteroatoms. The third-order valence-corrected chi connectivity index (χ3v) is 5.08. The molecular weight excluding hydrogens is 416 g/mol. The average molecular weight is 440 g/mol. The number of hydrogen-bond acceptors (Lipinski definition) is 4. The maximum absolute atomic E-state index is 12.7. The average Bonchev–Trinajstić information content (AvgIpc) is 2.85. The maximum atomic E-state index is 12.7. The summed E-state index contributed by atoms with van der Waals surface area (Å²) in [5.74, 6) is 1.39. The van der Waals surface area contributed by atoms with Crippen LogP contribution in [0.25, 0.3) is 10.8 Å². The van der Waals surface area contributed by atoms with Crippen molar-refractivity contribution >= 4 is 28.3 Å². The van der Waals surface area contributed by atoms with Gasteiger partial charge in [-0.1, -0.05) is 24.3 Å². The van der Waals surface area contributed by atoms with Crippen LogP contribution in [-0.2, 0) is 0 Å². The molecule has 0 radical (unpaired) electrons. The summed E-state index contributed by atoms with van der Waals surface area (Å²) in [7, 11) is 1.57. The zero-order chi connectivity index (χ0) is 23.2. The molecule has 4 aromatic rings. The number of fused-ring (bicyclic) bond motifs is 1. The molecule has 0 atom stereocenters. The van der Waals surface area contributed by atoms with Crippen LogP contribution in [0.5, 0.6) is 17.2 Å². The van der Waals surface area contributed by atoms with E-state index in [1.807, 2.05) is 37.3 Å². The van der Waals surface area contributed by atoms with E-state index in [9.17, 15) is 9.59 Å². The van der Waals surface area contributed by atoms with Gasteiger partial charge in [0.15, 0.2) is 0 Å². The standard InChI is InChI=1S/C27H24N2O4/c1-3-32-23-13-10-18-16-20(9-8-19(18)17-23)26(30)29-21-11-14-22(15-12-21)33-25-7-5-4-6-24(25)27(31)28-2/h4-17H,3H2,1-2H3,(H,28,31)(H,29,30). The number of benzene rings is 4. The van der Waals surface area contributed by atoms with Crippen molar-refractivity contribution in [2.75, 3.05) is 19.0 Å². The van der Waals surface area contributed by atoms with Crippen LogP contribution in [-0.4, -0.2) is 25.5 Å². The molecule has 0 heterocycles. The monoisotopic (exact) mass is 440 g/mol. The van der Waals surface area contributed by atoms with E-state index >= 15 is 0 Å². The van der Waals surface area contributed by atoms with Gasteiger partial charge in [-0.3, -0.25) is 9.59 Å². The molecule has 6 nitrogen and oxygen atoms in total. The van der Waals surface area contributed by atoms with Crippen molar-refractivity contribution < 1.29 is 19.1 Å². The van der Waals surface area contributed by atoms with Crippen LogP contribution in [0.1, 0.15) is 27.6 Å². The normalized spacial score (nSPS) is 10.5. The highest BCUT2D eigenvalue weighted by Crippen LogP contribution is 2.27. The summed E-state index contributed by atoms with van der Waals surface area (Å²) in [6, 6.07) is 25.4. The third kappa shape index (κ3) is 5.13. The fourth-order valence-corrected chi connectivity index (χ4v) is 3.44. The molecule has 0 saturated carbocycles. The second kappa shape index (κ2) is 9.87. The van der Waals surface area contributed by atoms with E-state index < -0.39 is 0 Å². The van der Waals surface area contributed by atoms with Crippen LogP contribution in [0.3, 0.4) is 0 Å². The van der Waals surface area contributed by atoms with Gasteiger partial charge < -0.3 is 20.1 Å². The summed E-state index contributed by atoms with van der Waals surface area (Å²) in [5, 5.41) is 7.47. The van der Waals surface area contributed by atoms with Crippen LogP contribution in [0.4, 0.5) is 5.69 Å². The van der Waals surface area contributed by atoms with E-state index in [0.29, 0.717) is 34.9 Å².